The Bertz CT molecular complexity index is 1130. The SMILES string of the molecule is CSc1ncncc1C(=O)C(C)Oc1cc(/C=C2\SC(=O)N(C)C2=O)c(Br)c(F)c1O. The molecule has 1 atom stereocenters. The van der Waals surface area contributed by atoms with E-state index in [0.717, 1.165) is 4.90 Å². The van der Waals surface area contributed by atoms with E-state index in [4.69, 9.17) is 4.74 Å². The highest BCUT2D eigenvalue weighted by Gasteiger charge is 2.32. The van der Waals surface area contributed by atoms with Gasteiger partial charge >= 0.3 is 0 Å². The quantitative estimate of drug-likeness (QED) is 0.256. The number of rotatable bonds is 6. The van der Waals surface area contributed by atoms with Crippen LogP contribution in [0.2, 0.25) is 0 Å². The molecule has 1 aromatic carbocycles. The minimum absolute atomic E-state index is 0.0828. The van der Waals surface area contributed by atoms with E-state index in [2.05, 4.69) is 25.9 Å². The first kappa shape index (κ1) is 23.2. The number of likely N-dealkylation sites (N-methyl/N-ethyl adjacent to an activating group) is 1. The van der Waals surface area contributed by atoms with E-state index in [0.29, 0.717) is 16.8 Å². The summed E-state index contributed by atoms with van der Waals surface area (Å²) in [5.74, 6) is -3.13. The molecule has 1 unspecified atom stereocenters. The summed E-state index contributed by atoms with van der Waals surface area (Å²) in [5, 5.41) is 10.2. The first-order chi connectivity index (χ1) is 14.6. The molecule has 0 aliphatic carbocycles. The molecule has 2 aromatic rings. The third kappa shape index (κ3) is 4.60. The van der Waals surface area contributed by atoms with Crippen molar-refractivity contribution in [3.05, 3.63) is 44.9 Å². The second kappa shape index (κ2) is 9.37. The number of hydrogen-bond acceptors (Lipinski definition) is 9. The fraction of sp³-hybridized carbons (Fsp3) is 0.211. The fourth-order valence-electron chi connectivity index (χ4n) is 2.61. The van der Waals surface area contributed by atoms with Crippen LogP contribution in [0.5, 0.6) is 11.5 Å². The number of halogens is 2. The van der Waals surface area contributed by atoms with Gasteiger partial charge in [-0.15, -0.1) is 11.8 Å². The summed E-state index contributed by atoms with van der Waals surface area (Å²) in [6.07, 6.45) is 4.63. The van der Waals surface area contributed by atoms with Gasteiger partial charge in [0.15, 0.2) is 23.4 Å². The average molecular weight is 528 g/mol. The second-order valence-electron chi connectivity index (χ2n) is 6.25. The molecule has 1 aliphatic rings. The first-order valence-corrected chi connectivity index (χ1v) is 11.5. The predicted octanol–water partition coefficient (Wildman–Crippen LogP) is 4.12. The van der Waals surface area contributed by atoms with Crippen molar-refractivity contribution in [1.29, 1.82) is 0 Å². The highest BCUT2D eigenvalue weighted by Crippen LogP contribution is 2.40. The molecular formula is C19H15BrFN3O5S2. The lowest BCUT2D eigenvalue weighted by Crippen LogP contribution is -2.25. The third-order valence-electron chi connectivity index (χ3n) is 4.25. The Morgan fingerprint density at radius 1 is 1.45 bits per heavy atom. The summed E-state index contributed by atoms with van der Waals surface area (Å²) in [6, 6.07) is 1.27. The number of Topliss-reactive ketones (excluding diaryl/α,β-unsaturated/α-hetero) is 1. The molecule has 0 spiro atoms. The molecule has 1 N–H and O–H groups in total. The molecule has 31 heavy (non-hydrogen) atoms. The number of benzene rings is 1. The van der Waals surface area contributed by atoms with Gasteiger partial charge in [-0.2, -0.15) is 0 Å². The van der Waals surface area contributed by atoms with Gasteiger partial charge in [0.2, 0.25) is 5.78 Å². The lowest BCUT2D eigenvalue weighted by molar-refractivity contribution is -0.121. The van der Waals surface area contributed by atoms with Crippen LogP contribution in [0, 0.1) is 5.82 Å². The van der Waals surface area contributed by atoms with Gasteiger partial charge in [0, 0.05) is 13.2 Å². The Labute approximate surface area is 193 Å². The lowest BCUT2D eigenvalue weighted by Gasteiger charge is -2.17. The Morgan fingerprint density at radius 2 is 2.16 bits per heavy atom. The number of aromatic hydroxyl groups is 1. The number of amides is 2. The van der Waals surface area contributed by atoms with Crippen LogP contribution in [0.4, 0.5) is 9.18 Å². The monoisotopic (exact) mass is 527 g/mol. The van der Waals surface area contributed by atoms with Gasteiger partial charge in [-0.05, 0) is 58.6 Å². The molecule has 0 saturated carbocycles. The molecular weight excluding hydrogens is 513 g/mol. The van der Waals surface area contributed by atoms with Crippen molar-refractivity contribution >= 4 is 62.5 Å². The minimum atomic E-state index is -1.10. The minimum Gasteiger partial charge on any atom is -0.502 e. The van der Waals surface area contributed by atoms with Crippen molar-refractivity contribution in [2.75, 3.05) is 13.3 Å². The van der Waals surface area contributed by atoms with Crippen LogP contribution in [0.3, 0.4) is 0 Å². The molecule has 3 rings (SSSR count). The van der Waals surface area contributed by atoms with E-state index in [9.17, 15) is 23.9 Å². The molecule has 2 heterocycles. The highest BCUT2D eigenvalue weighted by atomic mass is 79.9. The van der Waals surface area contributed by atoms with Crippen molar-refractivity contribution in [2.45, 2.75) is 18.1 Å². The maximum Gasteiger partial charge on any atom is 0.293 e. The Kier molecular flexibility index (Phi) is 7.02. The second-order valence-corrected chi connectivity index (χ2v) is 8.83. The normalized spacial score (nSPS) is 16.2. The lowest BCUT2D eigenvalue weighted by atomic mass is 10.1. The van der Waals surface area contributed by atoms with Gasteiger partial charge in [0.25, 0.3) is 11.1 Å². The standard InChI is InChI=1S/C19H15BrFN3O5S2/c1-8(15(25)10-6-22-7-23-17(10)30-3)29-11-4-9(13(20)14(21)16(11)26)5-12-18(27)24(2)19(28)31-12/h4-8,26H,1-3H3/b12-5-. The van der Waals surface area contributed by atoms with E-state index in [1.54, 1.807) is 6.26 Å². The maximum atomic E-state index is 14.6. The zero-order valence-corrected chi connectivity index (χ0v) is 19.6. The number of carbonyl (C=O) groups excluding carboxylic acids is 3. The number of carbonyl (C=O) groups is 3. The zero-order chi connectivity index (χ0) is 22.9. The molecule has 1 saturated heterocycles. The van der Waals surface area contributed by atoms with Crippen LogP contribution in [0.15, 0.2) is 33.0 Å². The highest BCUT2D eigenvalue weighted by molar-refractivity contribution is 9.10. The van der Waals surface area contributed by atoms with Gasteiger partial charge in [-0.25, -0.2) is 14.4 Å². The summed E-state index contributed by atoms with van der Waals surface area (Å²) in [7, 11) is 1.34. The zero-order valence-electron chi connectivity index (χ0n) is 16.4. The summed E-state index contributed by atoms with van der Waals surface area (Å²) in [4.78, 5) is 45.5. The molecule has 1 fully saturated rings. The van der Waals surface area contributed by atoms with Crippen molar-refractivity contribution < 1.29 is 28.6 Å². The summed E-state index contributed by atoms with van der Waals surface area (Å²) in [5.41, 5.74) is 0.383. The number of imide groups is 1. The fourth-order valence-corrected chi connectivity index (χ4v) is 4.37. The van der Waals surface area contributed by atoms with Crippen LogP contribution < -0.4 is 4.74 Å². The van der Waals surface area contributed by atoms with E-state index in [1.807, 2.05) is 0 Å². The molecule has 1 aliphatic heterocycles. The number of ketones is 1. The number of nitrogens with zero attached hydrogens (tertiary/aromatic N) is 3. The van der Waals surface area contributed by atoms with E-state index >= 15 is 0 Å². The molecule has 0 radical (unpaired) electrons. The topological polar surface area (TPSA) is 110 Å². The van der Waals surface area contributed by atoms with Crippen molar-refractivity contribution in [2.24, 2.45) is 0 Å². The van der Waals surface area contributed by atoms with Crippen LogP contribution in [-0.2, 0) is 4.79 Å². The molecule has 2 amide bonds. The third-order valence-corrected chi connectivity index (χ3v) is 6.73. The van der Waals surface area contributed by atoms with Crippen LogP contribution in [0.1, 0.15) is 22.8 Å². The van der Waals surface area contributed by atoms with Crippen molar-refractivity contribution in [3.8, 4) is 11.5 Å². The number of phenols is 1. The molecule has 12 heteroatoms. The Morgan fingerprint density at radius 3 is 2.77 bits per heavy atom. The van der Waals surface area contributed by atoms with Gasteiger partial charge in [-0.1, -0.05) is 0 Å². The van der Waals surface area contributed by atoms with E-state index < -0.39 is 34.6 Å². The molecule has 1 aromatic heterocycles. The van der Waals surface area contributed by atoms with Crippen LogP contribution >= 0.6 is 39.5 Å². The largest absolute Gasteiger partial charge is 0.502 e. The number of aromatic nitrogens is 2. The van der Waals surface area contributed by atoms with Gasteiger partial charge < -0.3 is 9.84 Å². The van der Waals surface area contributed by atoms with Gasteiger partial charge in [-0.3, -0.25) is 19.3 Å². The summed E-state index contributed by atoms with van der Waals surface area (Å²) in [6.45, 7) is 1.45. The average Bonchev–Trinajstić information content (AvgIpc) is 3.01. The Hall–Kier alpha value is -2.44. The van der Waals surface area contributed by atoms with Crippen molar-refractivity contribution in [3.63, 3.8) is 0 Å². The van der Waals surface area contributed by atoms with Crippen LogP contribution in [0.25, 0.3) is 6.08 Å². The smallest absolute Gasteiger partial charge is 0.293 e. The molecule has 0 bridgehead atoms. The predicted molar refractivity (Wildman–Crippen MR) is 118 cm³/mol. The number of hydrogen-bond donors (Lipinski definition) is 1. The first-order valence-electron chi connectivity index (χ1n) is 8.63. The van der Waals surface area contributed by atoms with E-state index in [-0.39, 0.29) is 26.3 Å². The maximum absolute atomic E-state index is 14.6. The Balaban J connectivity index is 1.94. The van der Waals surface area contributed by atoms with Gasteiger partial charge in [0.05, 0.1) is 14.9 Å². The van der Waals surface area contributed by atoms with Crippen molar-refractivity contribution in [1.82, 2.24) is 14.9 Å². The summed E-state index contributed by atoms with van der Waals surface area (Å²) < 4.78 is 20.0. The van der Waals surface area contributed by atoms with Gasteiger partial charge in [0.1, 0.15) is 11.4 Å². The van der Waals surface area contributed by atoms with E-state index in [1.165, 1.54) is 50.4 Å². The number of ether oxygens (including phenoxy) is 1. The summed E-state index contributed by atoms with van der Waals surface area (Å²) >= 11 is 5.00. The number of thioether (sulfide) groups is 2. The number of phenolic OH excluding ortho intramolecular Hbond substituents is 1. The molecule has 8 nitrogen and oxygen atoms in total. The molecule has 162 valence electrons. The van der Waals surface area contributed by atoms with Crippen LogP contribution in [-0.4, -0.2) is 56.3 Å².